The van der Waals surface area contributed by atoms with Gasteiger partial charge in [0.15, 0.2) is 0 Å². The molecule has 0 N–H and O–H groups in total. The van der Waals surface area contributed by atoms with Crippen molar-refractivity contribution >= 4 is 98.8 Å². The fourth-order valence-electron chi connectivity index (χ4n) is 11.2. The van der Waals surface area contributed by atoms with Crippen molar-refractivity contribution in [2.45, 2.75) is 33.1 Å². The maximum absolute atomic E-state index is 2.48. The highest BCUT2D eigenvalue weighted by molar-refractivity contribution is 6.27. The molecule has 2 heteroatoms. The fourth-order valence-corrected chi connectivity index (χ4v) is 11.2. The number of anilines is 6. The summed E-state index contributed by atoms with van der Waals surface area (Å²) in [6.45, 7) is 9.19. The van der Waals surface area contributed by atoms with Crippen molar-refractivity contribution in [1.29, 1.82) is 0 Å². The van der Waals surface area contributed by atoms with Gasteiger partial charge in [0.2, 0.25) is 0 Å². The van der Waals surface area contributed by atoms with E-state index in [2.05, 4.69) is 232 Å². The number of hydrogen-bond donors (Lipinski definition) is 0. The van der Waals surface area contributed by atoms with Crippen LogP contribution in [0.25, 0.3) is 75.8 Å². The molecule has 0 aromatic heterocycles. The van der Waals surface area contributed by atoms with Crippen molar-refractivity contribution in [3.05, 3.63) is 216 Å². The first-order chi connectivity index (χ1) is 30.8. The zero-order valence-electron chi connectivity index (χ0n) is 35.9. The normalized spacial score (nSPS) is 13.2. The Bertz CT molecular complexity index is 3540. The van der Waals surface area contributed by atoms with Gasteiger partial charge in [-0.15, -0.1) is 0 Å². The predicted molar refractivity (Wildman–Crippen MR) is 270 cm³/mol. The highest BCUT2D eigenvalue weighted by Crippen LogP contribution is 2.54. The van der Waals surface area contributed by atoms with E-state index >= 15 is 0 Å². The Morgan fingerprint density at radius 2 is 0.667 bits per heavy atom. The van der Waals surface area contributed by atoms with Gasteiger partial charge in [0.1, 0.15) is 0 Å². The molecule has 0 amide bonds. The third kappa shape index (κ3) is 5.25. The summed E-state index contributed by atoms with van der Waals surface area (Å²) in [5.41, 5.74) is 14.5. The van der Waals surface area contributed by atoms with E-state index in [-0.39, 0.29) is 5.41 Å². The molecule has 12 aromatic carbocycles. The van der Waals surface area contributed by atoms with Gasteiger partial charge in [-0.2, -0.15) is 0 Å². The Kier molecular flexibility index (Phi) is 7.52. The molecule has 298 valence electrons. The number of fused-ring (bicyclic) bond motifs is 3. The summed E-state index contributed by atoms with van der Waals surface area (Å²) in [6.07, 6.45) is 0. The average molecular weight is 805 g/mol. The van der Waals surface area contributed by atoms with Crippen LogP contribution < -0.4 is 9.80 Å². The third-order valence-corrected chi connectivity index (χ3v) is 14.2. The summed E-state index contributed by atoms with van der Waals surface area (Å²) < 4.78 is 0. The molecule has 0 fully saturated rings. The molecular formula is C61H44N2. The Balaban J connectivity index is 0.979. The van der Waals surface area contributed by atoms with Crippen LogP contribution in [0.5, 0.6) is 0 Å². The lowest BCUT2D eigenvalue weighted by atomic mass is 9.82. The summed E-state index contributed by atoms with van der Waals surface area (Å²) in [6, 6.07) is 73.1. The lowest BCUT2D eigenvalue weighted by molar-refractivity contribution is 0.660. The molecular weight excluding hydrogens is 761 g/mol. The van der Waals surface area contributed by atoms with E-state index in [0.717, 1.165) is 22.7 Å². The summed E-state index contributed by atoms with van der Waals surface area (Å²) in [4.78, 5) is 4.97. The van der Waals surface area contributed by atoms with E-state index in [0.29, 0.717) is 0 Å². The SMILES string of the molecule is Cc1cccc(N(c2ccc3c(c2)C(C)(C)c2cc(N(c4cccc(C)c4)c4ccc5ccc6cccc7ccc4c5c67)ccc2-3)c2ccc3ccc4cccc5ccc2c3c45)c1. The van der Waals surface area contributed by atoms with E-state index in [1.165, 1.54) is 109 Å². The van der Waals surface area contributed by atoms with Crippen molar-refractivity contribution < 1.29 is 0 Å². The van der Waals surface area contributed by atoms with E-state index in [1.807, 2.05) is 0 Å². The van der Waals surface area contributed by atoms with Gasteiger partial charge >= 0.3 is 0 Å². The van der Waals surface area contributed by atoms with Crippen molar-refractivity contribution in [2.24, 2.45) is 0 Å². The van der Waals surface area contributed by atoms with E-state index in [4.69, 9.17) is 0 Å². The minimum absolute atomic E-state index is 0.265. The van der Waals surface area contributed by atoms with Crippen LogP contribution in [0, 0.1) is 13.8 Å². The first-order valence-electron chi connectivity index (χ1n) is 22.2. The van der Waals surface area contributed by atoms with Gasteiger partial charge in [-0.1, -0.05) is 147 Å². The molecule has 0 saturated carbocycles. The van der Waals surface area contributed by atoms with Crippen LogP contribution >= 0.6 is 0 Å². The predicted octanol–water partition coefficient (Wildman–Crippen LogP) is 17.3. The molecule has 0 atom stereocenters. The molecule has 1 aliphatic rings. The molecule has 0 saturated heterocycles. The van der Waals surface area contributed by atoms with Crippen LogP contribution in [0.3, 0.4) is 0 Å². The second kappa shape index (κ2) is 13.2. The fraction of sp³-hybridized carbons (Fsp3) is 0.0820. The highest BCUT2D eigenvalue weighted by atomic mass is 15.1. The van der Waals surface area contributed by atoms with Gasteiger partial charge in [0.25, 0.3) is 0 Å². The molecule has 63 heavy (non-hydrogen) atoms. The quantitative estimate of drug-likeness (QED) is 0.155. The molecule has 2 nitrogen and oxygen atoms in total. The van der Waals surface area contributed by atoms with Gasteiger partial charge in [0.05, 0.1) is 11.4 Å². The van der Waals surface area contributed by atoms with Gasteiger partial charge in [-0.05, 0) is 162 Å². The van der Waals surface area contributed by atoms with Crippen LogP contribution in [-0.2, 0) is 5.41 Å². The maximum Gasteiger partial charge on any atom is 0.0540 e. The lowest BCUT2D eigenvalue weighted by Crippen LogP contribution is -2.18. The number of hydrogen-bond acceptors (Lipinski definition) is 2. The zero-order valence-corrected chi connectivity index (χ0v) is 35.9. The number of rotatable bonds is 6. The summed E-state index contributed by atoms with van der Waals surface area (Å²) in [7, 11) is 0. The van der Waals surface area contributed by atoms with Gasteiger partial charge in [-0.3, -0.25) is 0 Å². The molecule has 0 spiro atoms. The van der Waals surface area contributed by atoms with Crippen LogP contribution in [0.2, 0.25) is 0 Å². The largest absolute Gasteiger partial charge is 0.310 e. The Morgan fingerprint density at radius 3 is 1.08 bits per heavy atom. The van der Waals surface area contributed by atoms with Crippen LogP contribution in [-0.4, -0.2) is 0 Å². The summed E-state index contributed by atoms with van der Waals surface area (Å²) in [5, 5.41) is 15.5. The summed E-state index contributed by atoms with van der Waals surface area (Å²) >= 11 is 0. The molecule has 1 aliphatic carbocycles. The number of aryl methyl sites for hydroxylation is 2. The Hall–Kier alpha value is -7.68. The Morgan fingerprint density at radius 1 is 0.317 bits per heavy atom. The Labute approximate surface area is 367 Å². The first kappa shape index (κ1) is 36.0. The minimum atomic E-state index is -0.265. The molecule has 0 bridgehead atoms. The molecule has 0 radical (unpaired) electrons. The lowest BCUT2D eigenvalue weighted by Gasteiger charge is -2.30. The topological polar surface area (TPSA) is 6.48 Å². The number of nitrogens with zero attached hydrogens (tertiary/aromatic N) is 2. The third-order valence-electron chi connectivity index (χ3n) is 14.2. The summed E-state index contributed by atoms with van der Waals surface area (Å²) in [5.74, 6) is 0. The monoisotopic (exact) mass is 804 g/mol. The van der Waals surface area contributed by atoms with Crippen LogP contribution in [0.4, 0.5) is 34.1 Å². The van der Waals surface area contributed by atoms with Crippen molar-refractivity contribution in [2.75, 3.05) is 9.80 Å². The molecule has 12 aromatic rings. The standard InChI is InChI=1S/C61H44N2/c1-37-9-5-15-45(33-37)62(55-31-23-43-19-17-39-11-7-13-41-21-27-51(55)59(43)57(39)41)47-25-29-49-50-30-26-48(36-54(50)61(3,4)53(49)35-47)63(46-16-6-10-38(2)34-46)56-32-24-44-20-18-40-12-8-14-42-22-28-52(56)60(44)58(40)42/h5-36H,1-4H3. The molecule has 0 heterocycles. The smallest absolute Gasteiger partial charge is 0.0540 e. The van der Waals surface area contributed by atoms with Crippen molar-refractivity contribution in [3.63, 3.8) is 0 Å². The second-order valence-corrected chi connectivity index (χ2v) is 18.3. The van der Waals surface area contributed by atoms with Crippen LogP contribution in [0.15, 0.2) is 194 Å². The maximum atomic E-state index is 2.48. The van der Waals surface area contributed by atoms with E-state index in [9.17, 15) is 0 Å². The van der Waals surface area contributed by atoms with Crippen LogP contribution in [0.1, 0.15) is 36.1 Å². The van der Waals surface area contributed by atoms with Gasteiger partial charge in [0, 0.05) is 38.9 Å². The highest BCUT2D eigenvalue weighted by Gasteiger charge is 2.37. The van der Waals surface area contributed by atoms with Gasteiger partial charge < -0.3 is 9.80 Å². The molecule has 0 aliphatic heterocycles. The molecule has 0 unspecified atom stereocenters. The van der Waals surface area contributed by atoms with Gasteiger partial charge in [-0.25, -0.2) is 0 Å². The molecule has 13 rings (SSSR count). The van der Waals surface area contributed by atoms with E-state index < -0.39 is 0 Å². The van der Waals surface area contributed by atoms with Crippen molar-refractivity contribution in [3.8, 4) is 11.1 Å². The minimum Gasteiger partial charge on any atom is -0.310 e. The second-order valence-electron chi connectivity index (χ2n) is 18.3. The first-order valence-corrected chi connectivity index (χ1v) is 22.2. The number of benzene rings is 12. The zero-order chi connectivity index (χ0) is 42.1. The average Bonchev–Trinajstić information content (AvgIpc) is 3.53. The van der Waals surface area contributed by atoms with Crippen molar-refractivity contribution in [1.82, 2.24) is 0 Å². The van der Waals surface area contributed by atoms with E-state index in [1.54, 1.807) is 0 Å².